The van der Waals surface area contributed by atoms with Crippen molar-refractivity contribution in [3.63, 3.8) is 0 Å². The Morgan fingerprint density at radius 1 is 1.12 bits per heavy atom. The quantitative estimate of drug-likeness (QED) is 0.606. The number of nitrogens with zero attached hydrogens (tertiary/aromatic N) is 2. The Bertz CT molecular complexity index is 540. The lowest BCUT2D eigenvalue weighted by molar-refractivity contribution is -0.125. The van der Waals surface area contributed by atoms with Crippen LogP contribution in [0.4, 0.5) is 0 Å². The molecule has 5 atom stereocenters. The van der Waals surface area contributed by atoms with Gasteiger partial charge in [-0.15, -0.1) is 0 Å². The lowest BCUT2D eigenvalue weighted by Crippen LogP contribution is -2.69. The van der Waals surface area contributed by atoms with E-state index in [0.29, 0.717) is 35.4 Å². The Labute approximate surface area is 152 Å². The van der Waals surface area contributed by atoms with Gasteiger partial charge in [-0.3, -0.25) is 9.89 Å². The molecule has 0 bridgehead atoms. The van der Waals surface area contributed by atoms with Crippen LogP contribution in [0.15, 0.2) is 4.99 Å². The molecule has 5 fully saturated rings. The van der Waals surface area contributed by atoms with Crippen LogP contribution >= 0.6 is 0 Å². The molecule has 1 spiro atoms. The predicted molar refractivity (Wildman–Crippen MR) is 99.7 cm³/mol. The third-order valence-corrected chi connectivity index (χ3v) is 7.83. The molecule has 5 unspecified atom stereocenters. The first-order chi connectivity index (χ1) is 12.2. The molecule has 0 radical (unpaired) electrons. The highest BCUT2D eigenvalue weighted by Gasteiger charge is 2.65. The molecule has 2 N–H and O–H groups in total. The molecule has 0 amide bonds. The van der Waals surface area contributed by atoms with Crippen LogP contribution in [0.25, 0.3) is 0 Å². The first-order valence-corrected chi connectivity index (χ1v) is 10.6. The van der Waals surface area contributed by atoms with E-state index in [2.05, 4.69) is 27.4 Å². The van der Waals surface area contributed by atoms with Gasteiger partial charge in [0.2, 0.25) is 0 Å². The molecule has 140 valence electrons. The third-order valence-electron chi connectivity index (χ3n) is 7.83. The van der Waals surface area contributed by atoms with E-state index in [1.54, 1.807) is 0 Å². The number of fused-ring (bicyclic) bond motifs is 2. The summed E-state index contributed by atoms with van der Waals surface area (Å²) in [7, 11) is 1.93. The van der Waals surface area contributed by atoms with Gasteiger partial charge in [0.05, 0.1) is 6.10 Å². The van der Waals surface area contributed by atoms with E-state index >= 15 is 0 Å². The van der Waals surface area contributed by atoms with Gasteiger partial charge in [-0.05, 0) is 38.0 Å². The molecule has 0 aromatic heterocycles. The van der Waals surface area contributed by atoms with Crippen molar-refractivity contribution in [1.29, 1.82) is 0 Å². The van der Waals surface area contributed by atoms with Crippen molar-refractivity contribution in [3.8, 4) is 0 Å². The average molecular weight is 347 g/mol. The van der Waals surface area contributed by atoms with Gasteiger partial charge in [0, 0.05) is 56.2 Å². The summed E-state index contributed by atoms with van der Waals surface area (Å²) in [4.78, 5) is 7.28. The van der Waals surface area contributed by atoms with Crippen molar-refractivity contribution in [2.24, 2.45) is 22.2 Å². The molecule has 5 rings (SSSR count). The zero-order valence-electron chi connectivity index (χ0n) is 15.8. The zero-order chi connectivity index (χ0) is 17.0. The van der Waals surface area contributed by atoms with Crippen LogP contribution in [0.2, 0.25) is 0 Å². The van der Waals surface area contributed by atoms with Gasteiger partial charge in [-0.25, -0.2) is 0 Å². The van der Waals surface area contributed by atoms with E-state index in [1.165, 1.54) is 58.0 Å². The van der Waals surface area contributed by atoms with Gasteiger partial charge < -0.3 is 15.4 Å². The van der Waals surface area contributed by atoms with E-state index in [9.17, 15) is 0 Å². The number of ether oxygens (including phenoxy) is 1. The first kappa shape index (κ1) is 16.4. The highest BCUT2D eigenvalue weighted by atomic mass is 16.5. The largest absolute Gasteiger partial charge is 0.377 e. The van der Waals surface area contributed by atoms with Gasteiger partial charge >= 0.3 is 0 Å². The number of rotatable bonds is 3. The minimum absolute atomic E-state index is 0.389. The Morgan fingerprint density at radius 3 is 2.64 bits per heavy atom. The van der Waals surface area contributed by atoms with E-state index < -0.39 is 0 Å². The minimum Gasteiger partial charge on any atom is -0.377 e. The van der Waals surface area contributed by atoms with E-state index in [4.69, 9.17) is 4.74 Å². The van der Waals surface area contributed by atoms with Crippen LogP contribution in [0.5, 0.6) is 0 Å². The Hall–Kier alpha value is -0.810. The van der Waals surface area contributed by atoms with Crippen molar-refractivity contribution in [3.05, 3.63) is 0 Å². The molecular weight excluding hydrogens is 312 g/mol. The monoisotopic (exact) mass is 346 g/mol. The van der Waals surface area contributed by atoms with Crippen LogP contribution < -0.4 is 10.6 Å². The van der Waals surface area contributed by atoms with Gasteiger partial charge in [-0.2, -0.15) is 0 Å². The second kappa shape index (κ2) is 6.12. The molecule has 25 heavy (non-hydrogen) atoms. The molecule has 5 nitrogen and oxygen atoms in total. The van der Waals surface area contributed by atoms with Crippen molar-refractivity contribution >= 4 is 5.96 Å². The molecule has 3 saturated carbocycles. The molecule has 3 aliphatic carbocycles. The maximum Gasteiger partial charge on any atom is 0.191 e. The van der Waals surface area contributed by atoms with Crippen molar-refractivity contribution < 1.29 is 4.74 Å². The van der Waals surface area contributed by atoms with Crippen LogP contribution in [0.3, 0.4) is 0 Å². The number of aliphatic imine (C=N–C) groups is 1. The van der Waals surface area contributed by atoms with Gasteiger partial charge in [0.25, 0.3) is 0 Å². The standard InChI is InChI=1S/C20H34N4O/c1-13-11-24(14-5-6-14)12-16(13)22-19(21-2)23-17-15-7-10-25-18(15)20(17)8-3-4-9-20/h13-18H,3-12H2,1-2H3,(H2,21,22,23). The number of nitrogens with one attached hydrogen (secondary N) is 2. The fourth-order valence-electron chi connectivity index (χ4n) is 6.33. The molecule has 2 saturated heterocycles. The normalized spacial score (nSPS) is 43.3. The number of hydrogen-bond acceptors (Lipinski definition) is 3. The summed E-state index contributed by atoms with van der Waals surface area (Å²) < 4.78 is 6.13. The fourth-order valence-corrected chi connectivity index (χ4v) is 6.33. The summed E-state index contributed by atoms with van der Waals surface area (Å²) in [6, 6.07) is 1.96. The topological polar surface area (TPSA) is 48.9 Å². The second-order valence-corrected chi connectivity index (χ2v) is 9.29. The smallest absolute Gasteiger partial charge is 0.191 e. The molecule has 5 aliphatic rings. The summed E-state index contributed by atoms with van der Waals surface area (Å²) in [6.07, 6.45) is 9.94. The SMILES string of the molecule is CN=C(NC1CN(C2CC2)CC1C)NC1C2CCOC2C12CCCC2. The van der Waals surface area contributed by atoms with Crippen LogP contribution in [-0.4, -0.2) is 61.8 Å². The maximum atomic E-state index is 6.13. The number of guanidine groups is 1. The molecule has 5 heteroatoms. The number of hydrogen-bond donors (Lipinski definition) is 2. The van der Waals surface area contributed by atoms with Crippen LogP contribution in [0, 0.1) is 17.3 Å². The van der Waals surface area contributed by atoms with E-state index in [0.717, 1.165) is 18.6 Å². The molecule has 2 aliphatic heterocycles. The van der Waals surface area contributed by atoms with E-state index in [1.807, 2.05) is 7.05 Å². The highest BCUT2D eigenvalue weighted by Crippen LogP contribution is 2.60. The Balaban J connectivity index is 1.24. The minimum atomic E-state index is 0.389. The van der Waals surface area contributed by atoms with Crippen molar-refractivity contribution in [2.75, 3.05) is 26.7 Å². The summed E-state index contributed by atoms with van der Waals surface area (Å²) >= 11 is 0. The van der Waals surface area contributed by atoms with Gasteiger partial charge in [0.15, 0.2) is 5.96 Å². The van der Waals surface area contributed by atoms with E-state index in [-0.39, 0.29) is 0 Å². The third kappa shape index (κ3) is 2.61. The average Bonchev–Trinajstić information content (AvgIpc) is 3.02. The first-order valence-electron chi connectivity index (χ1n) is 10.6. The summed E-state index contributed by atoms with van der Waals surface area (Å²) in [5.41, 5.74) is 0.389. The molecule has 2 heterocycles. The van der Waals surface area contributed by atoms with Crippen LogP contribution in [-0.2, 0) is 4.74 Å². The van der Waals surface area contributed by atoms with Crippen LogP contribution in [0.1, 0.15) is 51.9 Å². The van der Waals surface area contributed by atoms with Gasteiger partial charge in [0.1, 0.15) is 0 Å². The molecule has 0 aromatic rings. The Kier molecular flexibility index (Phi) is 4.01. The summed E-state index contributed by atoms with van der Waals surface area (Å²) in [5.74, 6) is 2.42. The fraction of sp³-hybridized carbons (Fsp3) is 0.950. The summed E-state index contributed by atoms with van der Waals surface area (Å²) in [6.45, 7) is 5.76. The summed E-state index contributed by atoms with van der Waals surface area (Å²) in [5, 5.41) is 7.62. The lowest BCUT2D eigenvalue weighted by Gasteiger charge is -2.57. The lowest BCUT2D eigenvalue weighted by atomic mass is 9.54. The zero-order valence-corrected chi connectivity index (χ0v) is 15.8. The number of likely N-dealkylation sites (tertiary alicyclic amines) is 1. The van der Waals surface area contributed by atoms with Crippen molar-refractivity contribution in [2.45, 2.75) is 76.1 Å². The molecule has 0 aromatic carbocycles. The molecular formula is C20H34N4O. The van der Waals surface area contributed by atoms with Crippen molar-refractivity contribution in [1.82, 2.24) is 15.5 Å². The highest BCUT2D eigenvalue weighted by molar-refractivity contribution is 5.80. The second-order valence-electron chi connectivity index (χ2n) is 9.29. The Morgan fingerprint density at radius 2 is 1.92 bits per heavy atom. The predicted octanol–water partition coefficient (Wildman–Crippen LogP) is 1.98. The van der Waals surface area contributed by atoms with Gasteiger partial charge in [-0.1, -0.05) is 19.8 Å². The maximum absolute atomic E-state index is 6.13.